The fraction of sp³-hybridized carbons (Fsp3) is 0.667. The summed E-state index contributed by atoms with van der Waals surface area (Å²) in [6, 6.07) is 4.06. The number of furan rings is 1. The normalized spacial score (nSPS) is 17.5. The Morgan fingerprint density at radius 3 is 2.72 bits per heavy atom. The van der Waals surface area contributed by atoms with Gasteiger partial charge < -0.3 is 14.5 Å². The Balaban J connectivity index is 1.72. The Hall–Kier alpha value is -0.590. The molecule has 0 unspecified atom stereocenters. The van der Waals surface area contributed by atoms with Gasteiger partial charge in [0.2, 0.25) is 0 Å². The van der Waals surface area contributed by atoms with Crippen LogP contribution in [0, 0.1) is 0 Å². The number of hydrogen-bond acceptors (Lipinski definition) is 4. The second-order valence-corrected chi connectivity index (χ2v) is 5.19. The first kappa shape index (κ1) is 13.8. The van der Waals surface area contributed by atoms with Gasteiger partial charge in [-0.1, -0.05) is 11.8 Å². The van der Waals surface area contributed by atoms with Gasteiger partial charge in [0.05, 0.1) is 12.3 Å². The SMILES string of the molecule is FC(F)SCc1ccc(CNC2CCOCC2)o1. The molecule has 2 heterocycles. The third-order valence-corrected chi connectivity index (χ3v) is 3.56. The van der Waals surface area contributed by atoms with Crippen LogP contribution in [0.5, 0.6) is 0 Å². The average Bonchev–Trinajstić information content (AvgIpc) is 2.83. The van der Waals surface area contributed by atoms with Gasteiger partial charge >= 0.3 is 0 Å². The van der Waals surface area contributed by atoms with E-state index in [-0.39, 0.29) is 5.75 Å². The van der Waals surface area contributed by atoms with E-state index < -0.39 is 5.76 Å². The van der Waals surface area contributed by atoms with Crippen LogP contribution in [0.3, 0.4) is 0 Å². The molecule has 1 aromatic rings. The van der Waals surface area contributed by atoms with Crippen molar-refractivity contribution in [2.75, 3.05) is 13.2 Å². The molecule has 0 radical (unpaired) electrons. The maximum absolute atomic E-state index is 12.0. The van der Waals surface area contributed by atoms with Gasteiger partial charge in [0.25, 0.3) is 5.76 Å². The molecule has 0 amide bonds. The van der Waals surface area contributed by atoms with E-state index in [9.17, 15) is 8.78 Å². The lowest BCUT2D eigenvalue weighted by atomic mass is 10.1. The second-order valence-electron chi connectivity index (χ2n) is 4.21. The molecule has 0 spiro atoms. The Kier molecular flexibility index (Phi) is 5.46. The number of alkyl halides is 2. The van der Waals surface area contributed by atoms with Gasteiger partial charge in [0, 0.05) is 19.3 Å². The number of thioether (sulfide) groups is 1. The van der Waals surface area contributed by atoms with E-state index in [1.54, 1.807) is 6.07 Å². The molecule has 1 aromatic heterocycles. The topological polar surface area (TPSA) is 34.4 Å². The zero-order valence-corrected chi connectivity index (χ0v) is 10.8. The minimum Gasteiger partial charge on any atom is -0.464 e. The maximum Gasteiger partial charge on any atom is 0.284 e. The van der Waals surface area contributed by atoms with E-state index in [2.05, 4.69) is 5.32 Å². The van der Waals surface area contributed by atoms with E-state index >= 15 is 0 Å². The summed E-state index contributed by atoms with van der Waals surface area (Å²) >= 11 is 0.580. The first-order chi connectivity index (χ1) is 8.74. The summed E-state index contributed by atoms with van der Waals surface area (Å²) in [7, 11) is 0. The summed E-state index contributed by atoms with van der Waals surface area (Å²) < 4.78 is 34.8. The van der Waals surface area contributed by atoms with Crippen molar-refractivity contribution in [2.24, 2.45) is 0 Å². The second kappa shape index (κ2) is 7.11. The average molecular weight is 277 g/mol. The first-order valence-corrected chi connectivity index (χ1v) is 7.07. The molecule has 102 valence electrons. The molecule has 1 N–H and O–H groups in total. The van der Waals surface area contributed by atoms with Crippen LogP contribution in [0.4, 0.5) is 8.78 Å². The molecule has 0 bridgehead atoms. The zero-order chi connectivity index (χ0) is 12.8. The van der Waals surface area contributed by atoms with Gasteiger partial charge in [0.15, 0.2) is 0 Å². The zero-order valence-electron chi connectivity index (χ0n) is 10.0. The molecule has 6 heteroatoms. The van der Waals surface area contributed by atoms with Crippen molar-refractivity contribution in [1.29, 1.82) is 0 Å². The molecule has 1 aliphatic rings. The van der Waals surface area contributed by atoms with Crippen LogP contribution in [0.15, 0.2) is 16.5 Å². The molecule has 0 saturated carbocycles. The number of ether oxygens (including phenoxy) is 1. The van der Waals surface area contributed by atoms with Crippen molar-refractivity contribution in [3.8, 4) is 0 Å². The molecule has 18 heavy (non-hydrogen) atoms. The summed E-state index contributed by atoms with van der Waals surface area (Å²) in [6.07, 6.45) is 2.02. The lowest BCUT2D eigenvalue weighted by Gasteiger charge is -2.22. The Bertz CT molecular complexity index is 354. The van der Waals surface area contributed by atoms with E-state index in [1.807, 2.05) is 6.07 Å². The maximum atomic E-state index is 12.0. The monoisotopic (exact) mass is 277 g/mol. The number of halogens is 2. The summed E-state index contributed by atoms with van der Waals surface area (Å²) in [5.41, 5.74) is 0. The highest BCUT2D eigenvalue weighted by Crippen LogP contribution is 2.21. The quantitative estimate of drug-likeness (QED) is 0.867. The number of nitrogens with one attached hydrogen (secondary N) is 1. The fourth-order valence-electron chi connectivity index (χ4n) is 1.89. The molecule has 0 aromatic carbocycles. The van der Waals surface area contributed by atoms with Gasteiger partial charge in [-0.25, -0.2) is 0 Å². The molecule has 1 fully saturated rings. The van der Waals surface area contributed by atoms with Crippen molar-refractivity contribution in [3.63, 3.8) is 0 Å². The van der Waals surface area contributed by atoms with Gasteiger partial charge in [-0.3, -0.25) is 0 Å². The largest absolute Gasteiger partial charge is 0.464 e. The van der Waals surface area contributed by atoms with Gasteiger partial charge in [-0.05, 0) is 25.0 Å². The van der Waals surface area contributed by atoms with Crippen molar-refractivity contribution < 1.29 is 17.9 Å². The van der Waals surface area contributed by atoms with Crippen molar-refractivity contribution in [1.82, 2.24) is 5.32 Å². The molecular formula is C12H17F2NO2S. The van der Waals surface area contributed by atoms with Crippen LogP contribution in [-0.4, -0.2) is 25.0 Å². The predicted molar refractivity (Wildman–Crippen MR) is 66.7 cm³/mol. The molecule has 0 aliphatic carbocycles. The summed E-state index contributed by atoms with van der Waals surface area (Å²) in [4.78, 5) is 0. The molecular weight excluding hydrogens is 260 g/mol. The first-order valence-electron chi connectivity index (χ1n) is 6.02. The minimum atomic E-state index is -2.35. The highest BCUT2D eigenvalue weighted by Gasteiger charge is 2.13. The molecule has 1 aliphatic heterocycles. The smallest absolute Gasteiger partial charge is 0.284 e. The van der Waals surface area contributed by atoms with Crippen LogP contribution in [-0.2, 0) is 17.0 Å². The lowest BCUT2D eigenvalue weighted by Crippen LogP contribution is -2.34. The summed E-state index contributed by atoms with van der Waals surface area (Å²) in [5.74, 6) is -0.732. The van der Waals surface area contributed by atoms with E-state index in [0.717, 1.165) is 31.8 Å². The highest BCUT2D eigenvalue weighted by molar-refractivity contribution is 7.98. The minimum absolute atomic E-state index is 0.217. The molecule has 0 atom stereocenters. The summed E-state index contributed by atoms with van der Waals surface area (Å²) in [5, 5.41) is 3.39. The van der Waals surface area contributed by atoms with E-state index in [1.165, 1.54) is 0 Å². The van der Waals surface area contributed by atoms with E-state index in [4.69, 9.17) is 9.15 Å². The van der Waals surface area contributed by atoms with Crippen molar-refractivity contribution in [3.05, 3.63) is 23.7 Å². The Labute approximate surface area is 109 Å². The van der Waals surface area contributed by atoms with Crippen LogP contribution in [0.2, 0.25) is 0 Å². The number of hydrogen-bond donors (Lipinski definition) is 1. The third-order valence-electron chi connectivity index (χ3n) is 2.86. The Morgan fingerprint density at radius 1 is 1.28 bits per heavy atom. The standard InChI is InChI=1S/C12H17F2NO2S/c13-12(14)18-8-11-2-1-10(17-11)7-15-9-3-5-16-6-4-9/h1-2,9,12,15H,3-8H2. The van der Waals surface area contributed by atoms with Gasteiger partial charge in [0.1, 0.15) is 11.5 Å². The van der Waals surface area contributed by atoms with Crippen molar-refractivity contribution >= 4 is 11.8 Å². The molecule has 1 saturated heterocycles. The highest BCUT2D eigenvalue weighted by atomic mass is 32.2. The van der Waals surface area contributed by atoms with Gasteiger partial charge in [-0.2, -0.15) is 8.78 Å². The van der Waals surface area contributed by atoms with Crippen LogP contribution >= 0.6 is 11.8 Å². The lowest BCUT2D eigenvalue weighted by molar-refractivity contribution is 0.0771. The molecule has 3 nitrogen and oxygen atoms in total. The van der Waals surface area contributed by atoms with Gasteiger partial charge in [-0.15, -0.1) is 0 Å². The Morgan fingerprint density at radius 2 is 2.00 bits per heavy atom. The van der Waals surface area contributed by atoms with Crippen LogP contribution in [0.1, 0.15) is 24.4 Å². The fourth-order valence-corrected chi connectivity index (χ4v) is 2.33. The number of rotatable bonds is 6. The summed E-state index contributed by atoms with van der Waals surface area (Å²) in [6.45, 7) is 2.24. The molecule has 2 rings (SSSR count). The van der Waals surface area contributed by atoms with E-state index in [0.29, 0.717) is 30.1 Å². The predicted octanol–water partition coefficient (Wildman–Crippen LogP) is 3.00. The van der Waals surface area contributed by atoms with Crippen LogP contribution in [0.25, 0.3) is 0 Å². The third kappa shape index (κ3) is 4.59. The van der Waals surface area contributed by atoms with Crippen LogP contribution < -0.4 is 5.32 Å². The van der Waals surface area contributed by atoms with Crippen molar-refractivity contribution in [2.45, 2.75) is 36.9 Å².